The first-order valence-electron chi connectivity index (χ1n) is 11.5. The summed E-state index contributed by atoms with van der Waals surface area (Å²) in [7, 11) is 0. The van der Waals surface area contributed by atoms with Crippen LogP contribution >= 0.6 is 0 Å². The molecule has 1 heterocycles. The lowest BCUT2D eigenvalue weighted by molar-refractivity contribution is -0.120. The van der Waals surface area contributed by atoms with Gasteiger partial charge in [0.05, 0.1) is 6.42 Å². The highest BCUT2D eigenvalue weighted by atomic mass is 19.1. The first-order valence-corrected chi connectivity index (χ1v) is 11.5. The average Bonchev–Trinajstić information content (AvgIpc) is 2.84. The second-order valence-electron chi connectivity index (χ2n) is 8.36. The smallest absolute Gasteiger partial charge is 0.224 e. The van der Waals surface area contributed by atoms with Crippen LogP contribution in [0.5, 0.6) is 5.75 Å². The molecule has 34 heavy (non-hydrogen) atoms. The molecule has 3 aromatic carbocycles. The summed E-state index contributed by atoms with van der Waals surface area (Å²) in [6.45, 7) is 5.59. The second kappa shape index (κ2) is 11.7. The zero-order chi connectivity index (χ0) is 23.8. The summed E-state index contributed by atoms with van der Waals surface area (Å²) in [4.78, 5) is 14.5. The van der Waals surface area contributed by atoms with E-state index >= 15 is 0 Å². The highest BCUT2D eigenvalue weighted by Crippen LogP contribution is 2.26. The van der Waals surface area contributed by atoms with E-state index in [4.69, 9.17) is 4.74 Å². The number of benzene rings is 3. The van der Waals surface area contributed by atoms with E-state index in [1.165, 1.54) is 18.2 Å². The Morgan fingerprint density at radius 1 is 0.971 bits per heavy atom. The third-order valence-electron chi connectivity index (χ3n) is 5.83. The van der Waals surface area contributed by atoms with E-state index in [1.54, 1.807) is 36.4 Å². The van der Waals surface area contributed by atoms with Crippen molar-refractivity contribution in [1.29, 1.82) is 0 Å². The molecule has 1 saturated heterocycles. The maximum absolute atomic E-state index is 14.7. The van der Waals surface area contributed by atoms with Gasteiger partial charge in [-0.2, -0.15) is 0 Å². The number of rotatable bonds is 9. The van der Waals surface area contributed by atoms with Crippen molar-refractivity contribution in [3.8, 4) is 16.9 Å². The zero-order valence-electron chi connectivity index (χ0n) is 19.0. The van der Waals surface area contributed by atoms with Crippen LogP contribution in [0.2, 0.25) is 0 Å². The van der Waals surface area contributed by atoms with Gasteiger partial charge in [0.1, 0.15) is 24.0 Å². The molecule has 0 saturated carbocycles. The van der Waals surface area contributed by atoms with Gasteiger partial charge in [-0.15, -0.1) is 0 Å². The predicted molar refractivity (Wildman–Crippen MR) is 129 cm³/mol. The molecule has 1 amide bonds. The summed E-state index contributed by atoms with van der Waals surface area (Å²) in [5.41, 5.74) is 2.73. The summed E-state index contributed by atoms with van der Waals surface area (Å²) < 4.78 is 33.7. The van der Waals surface area contributed by atoms with E-state index in [2.05, 4.69) is 15.5 Å². The van der Waals surface area contributed by atoms with Gasteiger partial charge in [0.2, 0.25) is 5.91 Å². The molecule has 1 aliphatic heterocycles. The van der Waals surface area contributed by atoms with E-state index in [1.807, 2.05) is 12.1 Å². The van der Waals surface area contributed by atoms with Crippen molar-refractivity contribution in [2.75, 3.05) is 39.3 Å². The van der Waals surface area contributed by atoms with Crippen LogP contribution in [0.3, 0.4) is 0 Å². The molecule has 0 radical (unpaired) electrons. The Bertz CT molecular complexity index is 1100. The van der Waals surface area contributed by atoms with Crippen LogP contribution in [0, 0.1) is 11.6 Å². The fourth-order valence-electron chi connectivity index (χ4n) is 3.94. The maximum atomic E-state index is 14.7. The number of piperazine rings is 1. The summed E-state index contributed by atoms with van der Waals surface area (Å²) in [6.07, 6.45) is 0.192. The molecule has 2 N–H and O–H groups in total. The van der Waals surface area contributed by atoms with Crippen molar-refractivity contribution in [2.24, 2.45) is 0 Å². The Labute approximate surface area is 198 Å². The molecular formula is C27H29F2N3O2. The molecule has 3 aromatic rings. The van der Waals surface area contributed by atoms with Gasteiger partial charge in [-0.1, -0.05) is 36.4 Å². The van der Waals surface area contributed by atoms with Crippen molar-refractivity contribution >= 4 is 5.91 Å². The minimum atomic E-state index is -0.347. The molecule has 0 bridgehead atoms. The number of ether oxygens (including phenoxy) is 1. The summed E-state index contributed by atoms with van der Waals surface area (Å²) in [5.74, 6) is -0.321. The van der Waals surface area contributed by atoms with Crippen LogP contribution in [0.4, 0.5) is 8.78 Å². The highest BCUT2D eigenvalue weighted by Gasteiger charge is 2.11. The lowest BCUT2D eigenvalue weighted by Crippen LogP contribution is -2.44. The number of halogens is 2. The standard InChI is InChI=1S/C27H29F2N3O2/c28-23-3-1-2-21(16-23)19-31-27(33)17-20-4-6-22(7-5-20)25-9-8-24(18-26(25)29)34-15-14-32-12-10-30-11-13-32/h1-9,16,18,30H,10-15,17,19H2,(H,31,33). The van der Waals surface area contributed by atoms with Crippen LogP contribution in [-0.2, 0) is 17.8 Å². The van der Waals surface area contributed by atoms with Gasteiger partial charge in [-0.3, -0.25) is 9.69 Å². The number of amides is 1. The Morgan fingerprint density at radius 2 is 1.76 bits per heavy atom. The molecule has 0 spiro atoms. The van der Waals surface area contributed by atoms with Crippen molar-refractivity contribution in [3.05, 3.63) is 89.5 Å². The van der Waals surface area contributed by atoms with Gasteiger partial charge in [-0.05, 0) is 41.0 Å². The zero-order valence-corrected chi connectivity index (χ0v) is 19.0. The largest absolute Gasteiger partial charge is 0.492 e. The number of carbonyl (C=O) groups excluding carboxylic acids is 1. The molecule has 5 nitrogen and oxygen atoms in total. The van der Waals surface area contributed by atoms with E-state index in [0.717, 1.165) is 43.9 Å². The van der Waals surface area contributed by atoms with Crippen LogP contribution in [0.1, 0.15) is 11.1 Å². The maximum Gasteiger partial charge on any atom is 0.224 e. The molecule has 178 valence electrons. The minimum Gasteiger partial charge on any atom is -0.492 e. The fourth-order valence-corrected chi connectivity index (χ4v) is 3.94. The summed E-state index contributed by atoms with van der Waals surface area (Å²) >= 11 is 0. The molecule has 1 aliphatic rings. The molecule has 1 fully saturated rings. The number of hydrogen-bond acceptors (Lipinski definition) is 4. The fraction of sp³-hybridized carbons (Fsp3) is 0.296. The second-order valence-corrected chi connectivity index (χ2v) is 8.36. The number of hydrogen-bond donors (Lipinski definition) is 2. The topological polar surface area (TPSA) is 53.6 Å². The molecular weight excluding hydrogens is 436 g/mol. The quantitative estimate of drug-likeness (QED) is 0.505. The van der Waals surface area contributed by atoms with Gasteiger partial charge in [0.15, 0.2) is 0 Å². The molecule has 4 rings (SSSR count). The third kappa shape index (κ3) is 6.85. The normalized spacial score (nSPS) is 14.1. The van der Waals surface area contributed by atoms with Crippen LogP contribution in [0.25, 0.3) is 11.1 Å². The Balaban J connectivity index is 1.28. The van der Waals surface area contributed by atoms with Crippen molar-refractivity contribution < 1.29 is 18.3 Å². The molecule has 0 atom stereocenters. The van der Waals surface area contributed by atoms with E-state index in [9.17, 15) is 13.6 Å². The first-order chi connectivity index (χ1) is 16.6. The SMILES string of the molecule is O=C(Cc1ccc(-c2ccc(OCCN3CCNCC3)cc2F)cc1)NCc1cccc(F)c1. The van der Waals surface area contributed by atoms with Gasteiger partial charge >= 0.3 is 0 Å². The van der Waals surface area contributed by atoms with E-state index < -0.39 is 0 Å². The Morgan fingerprint density at radius 3 is 2.50 bits per heavy atom. The van der Waals surface area contributed by atoms with Gasteiger partial charge < -0.3 is 15.4 Å². The van der Waals surface area contributed by atoms with Crippen molar-refractivity contribution in [3.63, 3.8) is 0 Å². The summed E-state index contributed by atoms with van der Waals surface area (Å²) in [5, 5.41) is 6.10. The monoisotopic (exact) mass is 465 g/mol. The van der Waals surface area contributed by atoms with Crippen LogP contribution in [0.15, 0.2) is 66.7 Å². The van der Waals surface area contributed by atoms with Crippen LogP contribution < -0.4 is 15.4 Å². The number of nitrogens with zero attached hydrogens (tertiary/aromatic N) is 1. The Hall–Kier alpha value is -3.29. The average molecular weight is 466 g/mol. The Kier molecular flexibility index (Phi) is 8.22. The minimum absolute atomic E-state index is 0.162. The number of carbonyl (C=O) groups is 1. The molecule has 0 aliphatic carbocycles. The summed E-state index contributed by atoms with van der Waals surface area (Å²) in [6, 6.07) is 18.3. The molecule has 0 aromatic heterocycles. The van der Waals surface area contributed by atoms with Crippen molar-refractivity contribution in [2.45, 2.75) is 13.0 Å². The van der Waals surface area contributed by atoms with Gasteiger partial charge in [0, 0.05) is 50.9 Å². The van der Waals surface area contributed by atoms with E-state index in [0.29, 0.717) is 23.5 Å². The van der Waals surface area contributed by atoms with Gasteiger partial charge in [0.25, 0.3) is 0 Å². The van der Waals surface area contributed by atoms with Crippen molar-refractivity contribution in [1.82, 2.24) is 15.5 Å². The lowest BCUT2D eigenvalue weighted by Gasteiger charge is -2.26. The van der Waals surface area contributed by atoms with Crippen LogP contribution in [-0.4, -0.2) is 50.1 Å². The molecule has 0 unspecified atom stereocenters. The lowest BCUT2D eigenvalue weighted by atomic mass is 10.0. The molecule has 7 heteroatoms. The predicted octanol–water partition coefficient (Wildman–Crippen LogP) is 3.77. The first kappa shape index (κ1) is 23.9. The van der Waals surface area contributed by atoms with Gasteiger partial charge in [-0.25, -0.2) is 8.78 Å². The third-order valence-corrected chi connectivity index (χ3v) is 5.83. The number of nitrogens with one attached hydrogen (secondary N) is 2. The van der Waals surface area contributed by atoms with E-state index in [-0.39, 0.29) is 30.5 Å². The highest BCUT2D eigenvalue weighted by molar-refractivity contribution is 5.79.